The first-order valence-corrected chi connectivity index (χ1v) is 14.7. The van der Waals surface area contributed by atoms with Crippen LogP contribution in [0.25, 0.3) is 0 Å². The van der Waals surface area contributed by atoms with Gasteiger partial charge in [0.1, 0.15) is 5.82 Å². The summed E-state index contributed by atoms with van der Waals surface area (Å²) in [4.78, 5) is 11.6. The number of sulfonamides is 1. The maximum Gasteiger partial charge on any atom is 0.229 e. The molecule has 196 valence electrons. The molecule has 0 radical (unpaired) electrons. The number of nitrogens with zero attached hydrogens (tertiary/aromatic N) is 3. The first-order chi connectivity index (χ1) is 17.9. The van der Waals surface area contributed by atoms with Gasteiger partial charge in [-0.1, -0.05) is 31.2 Å². The van der Waals surface area contributed by atoms with E-state index in [0.717, 1.165) is 60.7 Å². The van der Waals surface area contributed by atoms with Crippen LogP contribution in [-0.4, -0.2) is 48.7 Å². The van der Waals surface area contributed by atoms with Crippen molar-refractivity contribution >= 4 is 33.2 Å². The van der Waals surface area contributed by atoms with Gasteiger partial charge >= 0.3 is 0 Å². The highest BCUT2D eigenvalue weighted by atomic mass is 32.2. The summed E-state index contributed by atoms with van der Waals surface area (Å²) in [7, 11) is -0.997. The number of hydrogen-bond donors (Lipinski definition) is 3. The lowest BCUT2D eigenvalue weighted by Gasteiger charge is -2.29. The molecule has 2 fully saturated rings. The van der Waals surface area contributed by atoms with E-state index in [4.69, 9.17) is 4.98 Å². The van der Waals surface area contributed by atoms with Crippen molar-refractivity contribution in [1.82, 2.24) is 19.6 Å². The minimum atomic E-state index is -3.19. The van der Waals surface area contributed by atoms with Crippen molar-refractivity contribution < 1.29 is 8.42 Å². The molecule has 3 N–H and O–H groups in total. The highest BCUT2D eigenvalue weighted by Crippen LogP contribution is 2.29. The third kappa shape index (κ3) is 6.66. The first-order valence-electron chi connectivity index (χ1n) is 13.2. The average Bonchev–Trinajstić information content (AvgIpc) is 3.76. The van der Waals surface area contributed by atoms with E-state index in [-0.39, 0.29) is 5.25 Å². The largest absolute Gasteiger partial charge is 0.340 e. The van der Waals surface area contributed by atoms with Crippen LogP contribution < -0.4 is 15.4 Å². The predicted molar refractivity (Wildman–Crippen MR) is 149 cm³/mol. The molecule has 0 atom stereocenters. The van der Waals surface area contributed by atoms with Gasteiger partial charge in [-0.15, -0.1) is 0 Å². The topological polar surface area (TPSA) is 99.2 Å². The van der Waals surface area contributed by atoms with Gasteiger partial charge in [0.15, 0.2) is 0 Å². The second-order valence-electron chi connectivity index (χ2n) is 10.1. The van der Waals surface area contributed by atoms with E-state index in [1.807, 2.05) is 30.5 Å². The molecule has 0 bridgehead atoms. The van der Waals surface area contributed by atoms with E-state index < -0.39 is 10.0 Å². The van der Waals surface area contributed by atoms with Crippen LogP contribution in [0.15, 0.2) is 54.7 Å². The van der Waals surface area contributed by atoms with Gasteiger partial charge in [-0.05, 0) is 93.6 Å². The van der Waals surface area contributed by atoms with E-state index in [0.29, 0.717) is 18.4 Å². The van der Waals surface area contributed by atoms with Gasteiger partial charge in [0.05, 0.1) is 5.25 Å². The number of hydrogen-bond acceptors (Lipinski definition) is 7. The smallest absolute Gasteiger partial charge is 0.229 e. The molecule has 5 rings (SSSR count). The third-order valence-electron chi connectivity index (χ3n) is 7.26. The molecule has 0 unspecified atom stereocenters. The van der Waals surface area contributed by atoms with Crippen molar-refractivity contribution in [3.63, 3.8) is 0 Å². The van der Waals surface area contributed by atoms with Gasteiger partial charge in [0.2, 0.25) is 16.0 Å². The van der Waals surface area contributed by atoms with Crippen LogP contribution in [0.3, 0.4) is 0 Å². The molecule has 2 aromatic carbocycles. The van der Waals surface area contributed by atoms with Crippen LogP contribution in [0.4, 0.5) is 23.1 Å². The number of benzene rings is 2. The molecular weight excluding hydrogens is 484 g/mol. The van der Waals surface area contributed by atoms with Crippen LogP contribution in [0.1, 0.15) is 55.2 Å². The van der Waals surface area contributed by atoms with E-state index in [1.165, 1.54) is 18.4 Å². The van der Waals surface area contributed by atoms with Gasteiger partial charge in [0, 0.05) is 29.7 Å². The number of rotatable bonds is 10. The summed E-state index contributed by atoms with van der Waals surface area (Å²) in [5.41, 5.74) is 5.18. The lowest BCUT2D eigenvalue weighted by atomic mass is 9.89. The summed E-state index contributed by atoms with van der Waals surface area (Å²) in [5.74, 6) is 1.92. The molecule has 1 aliphatic carbocycles. The fourth-order valence-electron chi connectivity index (χ4n) is 4.67. The molecule has 1 aromatic heterocycles. The summed E-state index contributed by atoms with van der Waals surface area (Å²) >= 11 is 0. The summed E-state index contributed by atoms with van der Waals surface area (Å²) in [6, 6.07) is 16.4. The Morgan fingerprint density at radius 2 is 1.57 bits per heavy atom. The van der Waals surface area contributed by atoms with Crippen LogP contribution in [0.2, 0.25) is 0 Å². The summed E-state index contributed by atoms with van der Waals surface area (Å²) in [6.45, 7) is 4.69. The minimum Gasteiger partial charge on any atom is -0.340 e. The standard InChI is InChI=1S/C28H36N6O2S/c1-3-21-19-29-28(32-25-10-6-22(7-11-25)23-14-16-34(2)17-15-23)33-27(21)31-24-8-4-20(5-9-24)18-30-37(35,36)26-12-13-26/h4-11,19,23,26,30H,3,12-18H2,1-2H3,(H2,29,31,32,33). The Morgan fingerprint density at radius 3 is 2.22 bits per heavy atom. The van der Waals surface area contributed by atoms with E-state index in [9.17, 15) is 8.42 Å². The second kappa shape index (κ2) is 11.2. The number of likely N-dealkylation sites (tertiary alicyclic amines) is 1. The monoisotopic (exact) mass is 520 g/mol. The minimum absolute atomic E-state index is 0.210. The first kappa shape index (κ1) is 25.6. The lowest BCUT2D eigenvalue weighted by molar-refractivity contribution is 0.255. The van der Waals surface area contributed by atoms with Crippen LogP contribution >= 0.6 is 0 Å². The molecule has 8 nitrogen and oxygen atoms in total. The Morgan fingerprint density at radius 1 is 0.919 bits per heavy atom. The fraction of sp³-hybridized carbons (Fsp3) is 0.429. The Bertz CT molecular complexity index is 1300. The summed E-state index contributed by atoms with van der Waals surface area (Å²) in [6.07, 6.45) is 6.59. The SMILES string of the molecule is CCc1cnc(Nc2ccc(C3CCN(C)CC3)cc2)nc1Nc1ccc(CNS(=O)(=O)C2CC2)cc1. The third-order valence-corrected chi connectivity index (χ3v) is 9.16. The Hall–Kier alpha value is -3.01. The van der Waals surface area contributed by atoms with Gasteiger partial charge in [-0.3, -0.25) is 0 Å². The van der Waals surface area contributed by atoms with Gasteiger partial charge < -0.3 is 15.5 Å². The van der Waals surface area contributed by atoms with Crippen molar-refractivity contribution in [2.75, 3.05) is 30.8 Å². The molecule has 37 heavy (non-hydrogen) atoms. The van der Waals surface area contributed by atoms with E-state index >= 15 is 0 Å². The Balaban J connectivity index is 1.22. The molecule has 1 aliphatic heterocycles. The number of anilines is 4. The summed E-state index contributed by atoms with van der Waals surface area (Å²) in [5, 5.41) is 6.53. The molecular formula is C28H36N6O2S. The molecule has 0 spiro atoms. The normalized spacial score (nSPS) is 17.0. The zero-order valence-electron chi connectivity index (χ0n) is 21.6. The van der Waals surface area contributed by atoms with Crippen LogP contribution in [0, 0.1) is 0 Å². The van der Waals surface area contributed by atoms with E-state index in [1.54, 1.807) is 0 Å². The average molecular weight is 521 g/mol. The van der Waals surface area contributed by atoms with Crippen molar-refractivity contribution in [3.8, 4) is 0 Å². The van der Waals surface area contributed by atoms with Crippen molar-refractivity contribution in [3.05, 3.63) is 71.4 Å². The number of aromatic nitrogens is 2. The highest BCUT2D eigenvalue weighted by Gasteiger charge is 2.35. The zero-order valence-corrected chi connectivity index (χ0v) is 22.4. The molecule has 1 saturated carbocycles. The molecule has 9 heteroatoms. The van der Waals surface area contributed by atoms with Gasteiger partial charge in [0.25, 0.3) is 0 Å². The predicted octanol–water partition coefficient (Wildman–Crippen LogP) is 4.92. The molecule has 2 heterocycles. The summed E-state index contributed by atoms with van der Waals surface area (Å²) < 4.78 is 26.8. The number of aryl methyl sites for hydroxylation is 1. The highest BCUT2D eigenvalue weighted by molar-refractivity contribution is 7.90. The van der Waals surface area contributed by atoms with Crippen LogP contribution in [0.5, 0.6) is 0 Å². The maximum atomic E-state index is 12.1. The zero-order chi connectivity index (χ0) is 25.8. The second-order valence-corrected chi connectivity index (χ2v) is 12.2. The maximum absolute atomic E-state index is 12.1. The molecule has 1 saturated heterocycles. The number of nitrogens with one attached hydrogen (secondary N) is 3. The van der Waals surface area contributed by atoms with E-state index in [2.05, 4.69) is 63.5 Å². The Kier molecular flexibility index (Phi) is 7.73. The molecule has 2 aliphatic rings. The van der Waals surface area contributed by atoms with Crippen LogP contribution in [-0.2, 0) is 23.0 Å². The number of piperidine rings is 1. The quantitative estimate of drug-likeness (QED) is 0.349. The van der Waals surface area contributed by atoms with Gasteiger partial charge in [-0.25, -0.2) is 18.1 Å². The van der Waals surface area contributed by atoms with Crippen molar-refractivity contribution in [2.24, 2.45) is 0 Å². The van der Waals surface area contributed by atoms with Crippen molar-refractivity contribution in [2.45, 2.75) is 56.7 Å². The fourth-order valence-corrected chi connectivity index (χ4v) is 6.03. The van der Waals surface area contributed by atoms with Crippen molar-refractivity contribution in [1.29, 1.82) is 0 Å². The van der Waals surface area contributed by atoms with Gasteiger partial charge in [-0.2, -0.15) is 4.98 Å². The lowest BCUT2D eigenvalue weighted by Crippen LogP contribution is -2.29. The molecule has 3 aromatic rings. The Labute approximate surface area is 220 Å². The molecule has 0 amide bonds.